The Morgan fingerprint density at radius 1 is 0.800 bits per heavy atom. The summed E-state index contributed by atoms with van der Waals surface area (Å²) in [5.41, 5.74) is 9.30. The van der Waals surface area contributed by atoms with Gasteiger partial charge in [-0.05, 0) is 52.4 Å². The number of rotatable bonds is 1. The second-order valence-corrected chi connectivity index (χ2v) is 9.93. The third-order valence-corrected chi connectivity index (χ3v) is 7.72. The highest BCUT2D eigenvalue weighted by Crippen LogP contribution is 2.42. The summed E-state index contributed by atoms with van der Waals surface area (Å²) in [7, 11) is 0. The van der Waals surface area contributed by atoms with E-state index in [4.69, 9.17) is 4.42 Å². The highest BCUT2D eigenvalue weighted by Gasteiger charge is 2.18. The van der Waals surface area contributed by atoms with Crippen molar-refractivity contribution in [2.75, 3.05) is 0 Å². The van der Waals surface area contributed by atoms with E-state index >= 15 is 0 Å². The van der Waals surface area contributed by atoms with Crippen molar-refractivity contribution in [3.63, 3.8) is 0 Å². The van der Waals surface area contributed by atoms with Gasteiger partial charge in [0.25, 0.3) is 0 Å². The summed E-state index contributed by atoms with van der Waals surface area (Å²) in [5, 5.41) is 7.39. The van der Waals surface area contributed by atoms with Gasteiger partial charge in [-0.3, -0.25) is 0 Å². The van der Waals surface area contributed by atoms with Crippen LogP contribution < -0.4 is 0 Å². The average Bonchev–Trinajstić information content (AvgIpc) is 3.45. The Morgan fingerprint density at radius 2 is 1.63 bits per heavy atom. The highest BCUT2D eigenvalue weighted by molar-refractivity contribution is 6.22. The quantitative estimate of drug-likeness (QED) is 0.264. The first-order valence-corrected chi connectivity index (χ1v) is 12.3. The minimum absolute atomic E-state index is 0. The minimum atomic E-state index is 0. The third kappa shape index (κ3) is 2.65. The maximum atomic E-state index is 6.54. The lowest BCUT2D eigenvalue weighted by atomic mass is 9.89. The van der Waals surface area contributed by atoms with Crippen LogP contribution in [0.4, 0.5) is 0 Å². The Kier molecular flexibility index (Phi) is 3.74. The molecule has 2 nitrogen and oxygen atoms in total. The molecule has 168 valence electrons. The second-order valence-electron chi connectivity index (χ2n) is 9.93. The van der Waals surface area contributed by atoms with Crippen LogP contribution >= 0.6 is 0 Å². The molecule has 0 saturated heterocycles. The van der Waals surface area contributed by atoms with Crippen LogP contribution in [0.25, 0.3) is 71.7 Å². The van der Waals surface area contributed by atoms with Crippen LogP contribution in [0.15, 0.2) is 95.4 Å². The summed E-state index contributed by atoms with van der Waals surface area (Å²) in [6.45, 7) is 2.29. The molecule has 0 spiro atoms. The number of aromatic nitrogens is 1. The number of nitrogens with one attached hydrogen (secondary N) is 1. The second kappa shape index (κ2) is 6.86. The van der Waals surface area contributed by atoms with Gasteiger partial charge in [-0.25, -0.2) is 0 Å². The predicted octanol–water partition coefficient (Wildman–Crippen LogP) is 9.49. The molecule has 7 aromatic rings. The van der Waals surface area contributed by atoms with Crippen molar-refractivity contribution in [3.05, 3.63) is 102 Å². The summed E-state index contributed by atoms with van der Waals surface area (Å²) in [6.07, 6.45) is 5.68. The van der Waals surface area contributed by atoms with E-state index in [0.717, 1.165) is 28.5 Å². The molecule has 1 unspecified atom stereocenters. The van der Waals surface area contributed by atoms with Gasteiger partial charge in [-0.1, -0.05) is 85.8 Å². The summed E-state index contributed by atoms with van der Waals surface area (Å²) in [5.74, 6) is 0.586. The van der Waals surface area contributed by atoms with Crippen molar-refractivity contribution in [2.45, 2.75) is 13.3 Å². The normalized spacial score (nSPS) is 15.6. The van der Waals surface area contributed by atoms with E-state index in [9.17, 15) is 0 Å². The van der Waals surface area contributed by atoms with E-state index in [0.29, 0.717) is 5.92 Å². The third-order valence-electron chi connectivity index (χ3n) is 7.72. The zero-order valence-corrected chi connectivity index (χ0v) is 19.4. The number of hydrogen-bond donors (Lipinski definition) is 1. The molecule has 1 atom stereocenters. The van der Waals surface area contributed by atoms with E-state index in [-0.39, 0.29) is 1.43 Å². The van der Waals surface area contributed by atoms with Gasteiger partial charge in [-0.2, -0.15) is 0 Å². The topological polar surface area (TPSA) is 28.9 Å². The van der Waals surface area contributed by atoms with Crippen LogP contribution in [0.5, 0.6) is 0 Å². The van der Waals surface area contributed by atoms with E-state index < -0.39 is 0 Å². The van der Waals surface area contributed by atoms with E-state index in [1.807, 2.05) is 0 Å². The van der Waals surface area contributed by atoms with Crippen LogP contribution in [0.3, 0.4) is 0 Å². The molecular formula is C33H25NO. The maximum absolute atomic E-state index is 6.54. The van der Waals surface area contributed by atoms with Gasteiger partial charge < -0.3 is 9.40 Å². The number of allylic oxidation sites excluding steroid dienone is 1. The summed E-state index contributed by atoms with van der Waals surface area (Å²) in [6, 6.07) is 30.6. The van der Waals surface area contributed by atoms with Gasteiger partial charge in [0.15, 0.2) is 0 Å². The van der Waals surface area contributed by atoms with Gasteiger partial charge in [0.2, 0.25) is 0 Å². The van der Waals surface area contributed by atoms with Crippen molar-refractivity contribution >= 4 is 60.6 Å². The van der Waals surface area contributed by atoms with Gasteiger partial charge in [0, 0.05) is 39.6 Å². The van der Waals surface area contributed by atoms with Crippen molar-refractivity contribution in [1.82, 2.24) is 4.98 Å². The molecule has 0 saturated carbocycles. The molecule has 1 aliphatic rings. The number of para-hydroxylation sites is 2. The first-order valence-electron chi connectivity index (χ1n) is 12.3. The summed E-state index contributed by atoms with van der Waals surface area (Å²) >= 11 is 0. The fraction of sp³-hybridized carbons (Fsp3) is 0.0909. The summed E-state index contributed by atoms with van der Waals surface area (Å²) < 4.78 is 6.54. The molecule has 0 bridgehead atoms. The Morgan fingerprint density at radius 3 is 2.57 bits per heavy atom. The standard InChI is InChI=1S/C33H23NO.H2/c1-19-12-13-21-18-29-28(17-22(21)16-19)25-9-4-8-24(32(25)34-29)26-10-5-11-27-31-23-7-3-2-6-20(23)14-15-30(31)35-33(26)27;/h2-15,17-19,34H,16H2,1H3;1H. The SMILES string of the molecule is CC1C=Cc2cc3[nH]c4c(-c5cccc6c5oc5ccc7ccccc7c56)cccc4c3cc2C1.[HH]. The number of hydrogen-bond acceptors (Lipinski definition) is 1. The van der Waals surface area contributed by atoms with E-state index in [2.05, 4.69) is 109 Å². The molecule has 8 rings (SSSR count). The smallest absolute Gasteiger partial charge is 0.143 e. The Hall–Kier alpha value is -4.30. The average molecular weight is 452 g/mol. The lowest BCUT2D eigenvalue weighted by Gasteiger charge is -2.15. The highest BCUT2D eigenvalue weighted by atomic mass is 16.3. The van der Waals surface area contributed by atoms with Crippen molar-refractivity contribution in [2.24, 2.45) is 5.92 Å². The van der Waals surface area contributed by atoms with Crippen LogP contribution in [-0.4, -0.2) is 4.98 Å². The number of H-pyrrole nitrogens is 1. The van der Waals surface area contributed by atoms with E-state index in [1.54, 1.807) is 0 Å². The van der Waals surface area contributed by atoms with Crippen LogP contribution in [0.1, 0.15) is 19.5 Å². The molecule has 1 N–H and O–H groups in total. The molecule has 2 aromatic heterocycles. The molecule has 1 aliphatic carbocycles. The number of aromatic amines is 1. The maximum Gasteiger partial charge on any atom is 0.143 e. The number of benzene rings is 5. The Labute approximate surface area is 204 Å². The van der Waals surface area contributed by atoms with Crippen molar-refractivity contribution in [1.29, 1.82) is 0 Å². The van der Waals surface area contributed by atoms with Crippen LogP contribution in [0, 0.1) is 5.92 Å². The minimum Gasteiger partial charge on any atom is -0.455 e. The summed E-state index contributed by atoms with van der Waals surface area (Å²) in [4.78, 5) is 3.76. The molecule has 2 heterocycles. The van der Waals surface area contributed by atoms with Crippen molar-refractivity contribution in [3.8, 4) is 11.1 Å². The van der Waals surface area contributed by atoms with Crippen LogP contribution in [0.2, 0.25) is 0 Å². The van der Waals surface area contributed by atoms with Crippen LogP contribution in [-0.2, 0) is 6.42 Å². The zero-order chi connectivity index (χ0) is 23.1. The number of fused-ring (bicyclic) bond motifs is 9. The Balaban J connectivity index is 0.00000220. The molecule has 0 aliphatic heterocycles. The van der Waals surface area contributed by atoms with Gasteiger partial charge in [0.05, 0.1) is 5.52 Å². The fourth-order valence-electron chi connectivity index (χ4n) is 6.05. The van der Waals surface area contributed by atoms with Gasteiger partial charge >= 0.3 is 0 Å². The molecule has 35 heavy (non-hydrogen) atoms. The van der Waals surface area contributed by atoms with Crippen molar-refractivity contribution < 1.29 is 5.84 Å². The fourth-order valence-corrected chi connectivity index (χ4v) is 6.05. The van der Waals surface area contributed by atoms with Gasteiger partial charge in [-0.15, -0.1) is 0 Å². The molecule has 5 aromatic carbocycles. The molecular weight excluding hydrogens is 426 g/mol. The molecule has 2 heteroatoms. The Bertz CT molecular complexity index is 2010. The largest absolute Gasteiger partial charge is 0.455 e. The molecule has 0 fully saturated rings. The lowest BCUT2D eigenvalue weighted by molar-refractivity contribution is 0.670. The predicted molar refractivity (Wildman–Crippen MR) is 150 cm³/mol. The first-order chi connectivity index (χ1) is 17.2. The molecule has 0 amide bonds. The zero-order valence-electron chi connectivity index (χ0n) is 19.4. The van der Waals surface area contributed by atoms with Gasteiger partial charge in [0.1, 0.15) is 11.2 Å². The first kappa shape index (κ1) is 19.1. The number of furan rings is 1. The monoisotopic (exact) mass is 451 g/mol. The lowest BCUT2D eigenvalue weighted by Crippen LogP contribution is -2.02. The molecule has 0 radical (unpaired) electrons. The van der Waals surface area contributed by atoms with E-state index in [1.165, 1.54) is 54.7 Å².